The molecule has 0 atom stereocenters. The molecule has 0 saturated carbocycles. The molecule has 1 aromatic carbocycles. The Bertz CT molecular complexity index is 297. The SMILES string of the molecule is CCCN(CC)CCNc1cccc(C)c1. The number of nitrogens with one attached hydrogen (secondary N) is 1. The van der Waals surface area contributed by atoms with Gasteiger partial charge in [-0.05, 0) is 44.1 Å². The monoisotopic (exact) mass is 220 g/mol. The molecule has 0 radical (unpaired) electrons. The Balaban J connectivity index is 2.29. The lowest BCUT2D eigenvalue weighted by Crippen LogP contribution is -2.29. The normalized spacial score (nSPS) is 10.8. The van der Waals surface area contributed by atoms with Crippen molar-refractivity contribution < 1.29 is 0 Å². The van der Waals surface area contributed by atoms with Crippen molar-refractivity contribution in [1.29, 1.82) is 0 Å². The third kappa shape index (κ3) is 4.67. The lowest BCUT2D eigenvalue weighted by Gasteiger charge is -2.19. The van der Waals surface area contributed by atoms with Crippen LogP contribution in [0, 0.1) is 6.92 Å². The molecule has 1 aromatic rings. The van der Waals surface area contributed by atoms with Crippen LogP contribution in [-0.4, -0.2) is 31.1 Å². The van der Waals surface area contributed by atoms with Crippen molar-refractivity contribution >= 4 is 5.69 Å². The number of nitrogens with zero attached hydrogens (tertiary/aromatic N) is 1. The molecule has 90 valence electrons. The minimum atomic E-state index is 1.03. The van der Waals surface area contributed by atoms with Gasteiger partial charge in [0.05, 0.1) is 0 Å². The molecule has 1 N–H and O–H groups in total. The molecular formula is C14H24N2. The summed E-state index contributed by atoms with van der Waals surface area (Å²) in [7, 11) is 0. The summed E-state index contributed by atoms with van der Waals surface area (Å²) in [5.74, 6) is 0. The molecule has 16 heavy (non-hydrogen) atoms. The van der Waals surface area contributed by atoms with Gasteiger partial charge in [-0.3, -0.25) is 0 Å². The maximum absolute atomic E-state index is 3.47. The molecule has 0 fully saturated rings. The second-order valence-electron chi connectivity index (χ2n) is 4.23. The number of rotatable bonds is 7. The van der Waals surface area contributed by atoms with Crippen molar-refractivity contribution in [3.05, 3.63) is 29.8 Å². The van der Waals surface area contributed by atoms with E-state index in [9.17, 15) is 0 Å². The van der Waals surface area contributed by atoms with E-state index < -0.39 is 0 Å². The van der Waals surface area contributed by atoms with Gasteiger partial charge in [0, 0.05) is 18.8 Å². The Morgan fingerprint density at radius 1 is 1.19 bits per heavy atom. The van der Waals surface area contributed by atoms with E-state index >= 15 is 0 Å². The Labute approximate surface area is 99.7 Å². The van der Waals surface area contributed by atoms with Crippen molar-refractivity contribution in [2.24, 2.45) is 0 Å². The van der Waals surface area contributed by atoms with Gasteiger partial charge in [-0.1, -0.05) is 26.0 Å². The van der Waals surface area contributed by atoms with Gasteiger partial charge in [-0.2, -0.15) is 0 Å². The molecule has 0 aliphatic rings. The highest BCUT2D eigenvalue weighted by Gasteiger charge is 1.99. The number of hydrogen-bond donors (Lipinski definition) is 1. The molecule has 0 amide bonds. The maximum Gasteiger partial charge on any atom is 0.0343 e. The van der Waals surface area contributed by atoms with Gasteiger partial charge in [-0.25, -0.2) is 0 Å². The van der Waals surface area contributed by atoms with E-state index in [1.807, 2.05) is 0 Å². The molecule has 0 aliphatic carbocycles. The summed E-state index contributed by atoms with van der Waals surface area (Å²) in [6.45, 7) is 11.1. The highest BCUT2D eigenvalue weighted by molar-refractivity contribution is 5.45. The molecule has 1 rings (SSSR count). The second-order valence-corrected chi connectivity index (χ2v) is 4.23. The zero-order chi connectivity index (χ0) is 11.8. The Morgan fingerprint density at radius 3 is 2.62 bits per heavy atom. The summed E-state index contributed by atoms with van der Waals surface area (Å²) < 4.78 is 0. The molecule has 0 aromatic heterocycles. The predicted molar refractivity (Wildman–Crippen MR) is 72.1 cm³/mol. The molecule has 0 bridgehead atoms. The van der Waals surface area contributed by atoms with Crippen LogP contribution in [-0.2, 0) is 0 Å². The molecule has 0 spiro atoms. The fourth-order valence-corrected chi connectivity index (χ4v) is 1.86. The largest absolute Gasteiger partial charge is 0.384 e. The van der Waals surface area contributed by atoms with Crippen LogP contribution in [0.1, 0.15) is 25.8 Å². The van der Waals surface area contributed by atoms with Gasteiger partial charge >= 0.3 is 0 Å². The topological polar surface area (TPSA) is 15.3 Å². The minimum absolute atomic E-state index is 1.03. The number of anilines is 1. The van der Waals surface area contributed by atoms with Crippen LogP contribution in [0.2, 0.25) is 0 Å². The zero-order valence-electron chi connectivity index (χ0n) is 10.8. The van der Waals surface area contributed by atoms with Gasteiger partial charge in [0.2, 0.25) is 0 Å². The van der Waals surface area contributed by atoms with Crippen LogP contribution in [0.25, 0.3) is 0 Å². The summed E-state index contributed by atoms with van der Waals surface area (Å²) >= 11 is 0. The standard InChI is InChI=1S/C14H24N2/c1-4-10-16(5-2)11-9-15-14-8-6-7-13(3)12-14/h6-8,12,15H,4-5,9-11H2,1-3H3. The number of likely N-dealkylation sites (N-methyl/N-ethyl adjacent to an activating group) is 1. The predicted octanol–water partition coefficient (Wildman–Crippen LogP) is 3.14. The Kier molecular flexibility index (Phi) is 5.94. The summed E-state index contributed by atoms with van der Waals surface area (Å²) in [4.78, 5) is 2.47. The number of hydrogen-bond acceptors (Lipinski definition) is 2. The first-order chi connectivity index (χ1) is 7.76. The lowest BCUT2D eigenvalue weighted by molar-refractivity contribution is 0.300. The summed E-state index contributed by atoms with van der Waals surface area (Å²) in [5, 5.41) is 3.47. The Hall–Kier alpha value is -1.02. The molecule has 2 nitrogen and oxygen atoms in total. The average Bonchev–Trinajstić information content (AvgIpc) is 2.28. The summed E-state index contributed by atoms with van der Waals surface area (Å²) in [6, 6.07) is 8.54. The van der Waals surface area contributed by atoms with Crippen LogP contribution in [0.5, 0.6) is 0 Å². The zero-order valence-corrected chi connectivity index (χ0v) is 10.8. The fourth-order valence-electron chi connectivity index (χ4n) is 1.86. The lowest BCUT2D eigenvalue weighted by atomic mass is 10.2. The highest BCUT2D eigenvalue weighted by atomic mass is 15.1. The van der Waals surface area contributed by atoms with E-state index in [4.69, 9.17) is 0 Å². The number of benzene rings is 1. The van der Waals surface area contributed by atoms with Crippen molar-refractivity contribution in [1.82, 2.24) is 4.90 Å². The van der Waals surface area contributed by atoms with Crippen molar-refractivity contribution in [3.8, 4) is 0 Å². The smallest absolute Gasteiger partial charge is 0.0343 e. The molecule has 2 heteroatoms. The van der Waals surface area contributed by atoms with Crippen LogP contribution < -0.4 is 5.32 Å². The summed E-state index contributed by atoms with van der Waals surface area (Å²) in [5.41, 5.74) is 2.54. The first kappa shape index (κ1) is 13.0. The van der Waals surface area contributed by atoms with Crippen molar-refractivity contribution in [2.75, 3.05) is 31.5 Å². The third-order valence-electron chi connectivity index (χ3n) is 2.76. The third-order valence-corrected chi connectivity index (χ3v) is 2.76. The molecule has 0 saturated heterocycles. The van der Waals surface area contributed by atoms with E-state index in [1.165, 1.54) is 24.2 Å². The van der Waals surface area contributed by atoms with Gasteiger partial charge in [0.25, 0.3) is 0 Å². The van der Waals surface area contributed by atoms with E-state index in [0.29, 0.717) is 0 Å². The van der Waals surface area contributed by atoms with Crippen LogP contribution >= 0.6 is 0 Å². The van der Waals surface area contributed by atoms with Gasteiger partial charge in [-0.15, -0.1) is 0 Å². The fraction of sp³-hybridized carbons (Fsp3) is 0.571. The molecular weight excluding hydrogens is 196 g/mol. The van der Waals surface area contributed by atoms with Gasteiger partial charge < -0.3 is 10.2 Å². The van der Waals surface area contributed by atoms with E-state index in [2.05, 4.69) is 55.3 Å². The van der Waals surface area contributed by atoms with Crippen LogP contribution in [0.3, 0.4) is 0 Å². The molecule has 0 aliphatic heterocycles. The Morgan fingerprint density at radius 2 is 2.00 bits per heavy atom. The van der Waals surface area contributed by atoms with Gasteiger partial charge in [0.15, 0.2) is 0 Å². The minimum Gasteiger partial charge on any atom is -0.384 e. The number of aryl methyl sites for hydroxylation is 1. The average molecular weight is 220 g/mol. The summed E-state index contributed by atoms with van der Waals surface area (Å²) in [6.07, 6.45) is 1.23. The first-order valence-electron chi connectivity index (χ1n) is 6.29. The van der Waals surface area contributed by atoms with E-state index in [1.54, 1.807) is 0 Å². The van der Waals surface area contributed by atoms with Crippen molar-refractivity contribution in [3.63, 3.8) is 0 Å². The van der Waals surface area contributed by atoms with Crippen LogP contribution in [0.15, 0.2) is 24.3 Å². The first-order valence-corrected chi connectivity index (χ1v) is 6.29. The highest BCUT2D eigenvalue weighted by Crippen LogP contribution is 2.08. The van der Waals surface area contributed by atoms with Gasteiger partial charge in [0.1, 0.15) is 0 Å². The van der Waals surface area contributed by atoms with Crippen molar-refractivity contribution in [2.45, 2.75) is 27.2 Å². The van der Waals surface area contributed by atoms with E-state index in [0.717, 1.165) is 19.6 Å². The maximum atomic E-state index is 3.47. The molecule has 0 heterocycles. The van der Waals surface area contributed by atoms with E-state index in [-0.39, 0.29) is 0 Å². The quantitative estimate of drug-likeness (QED) is 0.759. The second kappa shape index (κ2) is 7.29. The molecule has 0 unspecified atom stereocenters. The van der Waals surface area contributed by atoms with Crippen LogP contribution in [0.4, 0.5) is 5.69 Å².